The van der Waals surface area contributed by atoms with Crippen molar-refractivity contribution in [3.05, 3.63) is 18.0 Å². The van der Waals surface area contributed by atoms with Crippen LogP contribution in [0.2, 0.25) is 0 Å². The van der Waals surface area contributed by atoms with Crippen molar-refractivity contribution >= 4 is 0 Å². The summed E-state index contributed by atoms with van der Waals surface area (Å²) < 4.78 is 1.92. The van der Waals surface area contributed by atoms with Crippen LogP contribution < -0.4 is 5.32 Å². The minimum absolute atomic E-state index is 0.737. The van der Waals surface area contributed by atoms with Gasteiger partial charge in [-0.2, -0.15) is 5.10 Å². The number of nitrogens with zero attached hydrogens (tertiary/aromatic N) is 2. The quantitative estimate of drug-likeness (QED) is 0.813. The van der Waals surface area contributed by atoms with E-state index < -0.39 is 0 Å². The first-order valence-electron chi connectivity index (χ1n) is 7.50. The van der Waals surface area contributed by atoms with E-state index in [1.165, 1.54) is 50.8 Å². The normalized spacial score (nSPS) is 25.0. The lowest BCUT2D eigenvalue weighted by molar-refractivity contribution is 0.381. The van der Waals surface area contributed by atoms with Crippen LogP contribution in [0.3, 0.4) is 0 Å². The highest BCUT2D eigenvalue weighted by Gasteiger charge is 2.20. The number of aromatic nitrogens is 2. The molecule has 0 amide bonds. The van der Waals surface area contributed by atoms with Gasteiger partial charge in [0.1, 0.15) is 0 Å². The Labute approximate surface area is 111 Å². The van der Waals surface area contributed by atoms with E-state index in [1.54, 1.807) is 0 Å². The van der Waals surface area contributed by atoms with Crippen molar-refractivity contribution < 1.29 is 0 Å². The summed E-state index contributed by atoms with van der Waals surface area (Å²) in [5, 5.41) is 8.23. The molecule has 0 radical (unpaired) electrons. The summed E-state index contributed by atoms with van der Waals surface area (Å²) in [7, 11) is 2.00. The van der Waals surface area contributed by atoms with Crippen molar-refractivity contribution in [2.45, 2.75) is 57.9 Å². The maximum atomic E-state index is 4.52. The Morgan fingerprint density at radius 3 is 2.94 bits per heavy atom. The van der Waals surface area contributed by atoms with Crippen LogP contribution in [0.4, 0.5) is 0 Å². The molecule has 0 saturated heterocycles. The van der Waals surface area contributed by atoms with E-state index in [2.05, 4.69) is 29.6 Å². The van der Waals surface area contributed by atoms with Crippen LogP contribution in [0, 0.1) is 5.92 Å². The van der Waals surface area contributed by atoms with Crippen LogP contribution >= 0.6 is 0 Å². The Balaban J connectivity index is 1.86. The Hall–Kier alpha value is -0.830. The Morgan fingerprint density at radius 2 is 2.22 bits per heavy atom. The van der Waals surface area contributed by atoms with Crippen molar-refractivity contribution in [3.63, 3.8) is 0 Å². The fourth-order valence-electron chi connectivity index (χ4n) is 3.05. The van der Waals surface area contributed by atoms with Gasteiger partial charge in [0.15, 0.2) is 0 Å². The van der Waals surface area contributed by atoms with Crippen LogP contribution in [0.1, 0.15) is 51.1 Å². The molecule has 0 spiro atoms. The fraction of sp³-hybridized carbons (Fsp3) is 0.800. The second kappa shape index (κ2) is 6.93. The SMILES string of the molecule is CCCNC1CCCCC(Cc2ccn(C)n2)C1. The first-order chi connectivity index (χ1) is 8.78. The summed E-state index contributed by atoms with van der Waals surface area (Å²) in [5.41, 5.74) is 1.26. The molecule has 1 aromatic heterocycles. The van der Waals surface area contributed by atoms with Crippen LogP contribution in [0.25, 0.3) is 0 Å². The molecule has 1 heterocycles. The highest BCUT2D eigenvalue weighted by Crippen LogP contribution is 2.26. The van der Waals surface area contributed by atoms with Gasteiger partial charge in [-0.25, -0.2) is 0 Å². The number of aryl methyl sites for hydroxylation is 1. The van der Waals surface area contributed by atoms with Crippen molar-refractivity contribution in [2.24, 2.45) is 13.0 Å². The largest absolute Gasteiger partial charge is 0.314 e. The summed E-state index contributed by atoms with van der Waals surface area (Å²) in [6, 6.07) is 2.90. The lowest BCUT2D eigenvalue weighted by Gasteiger charge is -2.20. The molecular formula is C15H27N3. The van der Waals surface area contributed by atoms with Gasteiger partial charge in [-0.1, -0.05) is 26.2 Å². The van der Waals surface area contributed by atoms with Crippen LogP contribution in [-0.2, 0) is 13.5 Å². The summed E-state index contributed by atoms with van der Waals surface area (Å²) in [5.74, 6) is 0.816. The first-order valence-corrected chi connectivity index (χ1v) is 7.50. The van der Waals surface area contributed by atoms with Crippen molar-refractivity contribution in [3.8, 4) is 0 Å². The number of rotatable bonds is 5. The molecule has 18 heavy (non-hydrogen) atoms. The molecule has 3 heteroatoms. The first kappa shape index (κ1) is 13.6. The van der Waals surface area contributed by atoms with E-state index in [0.29, 0.717) is 0 Å². The smallest absolute Gasteiger partial charge is 0.0627 e. The minimum Gasteiger partial charge on any atom is -0.314 e. The van der Waals surface area contributed by atoms with Crippen LogP contribution in [-0.4, -0.2) is 22.4 Å². The number of nitrogens with one attached hydrogen (secondary N) is 1. The molecule has 1 aliphatic rings. The van der Waals surface area contributed by atoms with Gasteiger partial charge in [-0.15, -0.1) is 0 Å². The van der Waals surface area contributed by atoms with Gasteiger partial charge in [-0.05, 0) is 44.2 Å². The van der Waals surface area contributed by atoms with Crippen molar-refractivity contribution in [2.75, 3.05) is 6.54 Å². The van der Waals surface area contributed by atoms with Crippen LogP contribution in [0.5, 0.6) is 0 Å². The summed E-state index contributed by atoms with van der Waals surface area (Å²) >= 11 is 0. The van der Waals surface area contributed by atoms with E-state index in [0.717, 1.165) is 18.4 Å². The average Bonchev–Trinajstić information content (AvgIpc) is 2.63. The van der Waals surface area contributed by atoms with Crippen molar-refractivity contribution in [1.82, 2.24) is 15.1 Å². The Kier molecular flexibility index (Phi) is 5.24. The monoisotopic (exact) mass is 249 g/mol. The summed E-state index contributed by atoms with van der Waals surface area (Å²) in [4.78, 5) is 0. The highest BCUT2D eigenvalue weighted by atomic mass is 15.2. The predicted octanol–water partition coefficient (Wildman–Crippen LogP) is 2.91. The summed E-state index contributed by atoms with van der Waals surface area (Å²) in [6.45, 7) is 3.41. The van der Waals surface area contributed by atoms with Gasteiger partial charge in [0.2, 0.25) is 0 Å². The maximum Gasteiger partial charge on any atom is 0.0627 e. The molecule has 102 valence electrons. The zero-order valence-electron chi connectivity index (χ0n) is 11.9. The second-order valence-electron chi connectivity index (χ2n) is 5.72. The molecule has 2 atom stereocenters. The molecule has 1 fully saturated rings. The van der Waals surface area contributed by atoms with Gasteiger partial charge in [0, 0.05) is 19.3 Å². The molecule has 0 bridgehead atoms. The standard InChI is InChI=1S/C15H27N3/c1-3-9-16-14-7-5-4-6-13(11-14)12-15-8-10-18(2)17-15/h8,10,13-14,16H,3-7,9,11-12H2,1-2H3. The third-order valence-corrected chi connectivity index (χ3v) is 3.98. The lowest BCUT2D eigenvalue weighted by Crippen LogP contribution is -2.31. The third-order valence-electron chi connectivity index (χ3n) is 3.98. The predicted molar refractivity (Wildman–Crippen MR) is 75.6 cm³/mol. The van der Waals surface area contributed by atoms with Gasteiger partial charge in [0.05, 0.1) is 5.69 Å². The van der Waals surface area contributed by atoms with E-state index in [1.807, 2.05) is 11.7 Å². The van der Waals surface area contributed by atoms with E-state index in [-0.39, 0.29) is 0 Å². The zero-order chi connectivity index (χ0) is 12.8. The molecule has 1 aromatic rings. The number of hydrogen-bond donors (Lipinski definition) is 1. The van der Waals surface area contributed by atoms with Gasteiger partial charge >= 0.3 is 0 Å². The molecule has 1 saturated carbocycles. The zero-order valence-corrected chi connectivity index (χ0v) is 11.9. The van der Waals surface area contributed by atoms with E-state index >= 15 is 0 Å². The molecule has 1 N–H and O–H groups in total. The second-order valence-corrected chi connectivity index (χ2v) is 5.72. The third kappa shape index (κ3) is 4.13. The molecule has 2 rings (SSSR count). The minimum atomic E-state index is 0.737. The van der Waals surface area contributed by atoms with Gasteiger partial charge < -0.3 is 5.32 Å². The maximum absolute atomic E-state index is 4.52. The molecule has 0 aliphatic heterocycles. The molecule has 1 aliphatic carbocycles. The Morgan fingerprint density at radius 1 is 1.39 bits per heavy atom. The topological polar surface area (TPSA) is 29.9 Å². The Bertz CT molecular complexity index is 345. The van der Waals surface area contributed by atoms with Crippen LogP contribution in [0.15, 0.2) is 12.3 Å². The van der Waals surface area contributed by atoms with Gasteiger partial charge in [-0.3, -0.25) is 4.68 Å². The molecule has 3 nitrogen and oxygen atoms in total. The number of hydrogen-bond acceptors (Lipinski definition) is 2. The van der Waals surface area contributed by atoms with E-state index in [9.17, 15) is 0 Å². The van der Waals surface area contributed by atoms with Crippen molar-refractivity contribution in [1.29, 1.82) is 0 Å². The fourth-order valence-corrected chi connectivity index (χ4v) is 3.05. The summed E-state index contributed by atoms with van der Waals surface area (Å²) in [6.07, 6.45) is 11.3. The highest BCUT2D eigenvalue weighted by molar-refractivity contribution is 5.00. The molecular weight excluding hydrogens is 222 g/mol. The average molecular weight is 249 g/mol. The van der Waals surface area contributed by atoms with E-state index in [4.69, 9.17) is 0 Å². The van der Waals surface area contributed by atoms with Gasteiger partial charge in [0.25, 0.3) is 0 Å². The molecule has 0 aromatic carbocycles. The molecule has 2 unspecified atom stereocenters. The lowest BCUT2D eigenvalue weighted by atomic mass is 9.93.